The fourth-order valence-electron chi connectivity index (χ4n) is 1.46. The molecule has 0 unspecified atom stereocenters. The maximum Gasteiger partial charge on any atom is 0.325 e. The van der Waals surface area contributed by atoms with E-state index in [2.05, 4.69) is 5.32 Å². The van der Waals surface area contributed by atoms with E-state index < -0.39 is 12.0 Å². The lowest BCUT2D eigenvalue weighted by molar-refractivity contribution is -0.143. The summed E-state index contributed by atoms with van der Waals surface area (Å²) in [5.74, 6) is -0.815. The first-order chi connectivity index (χ1) is 8.63. The zero-order valence-corrected chi connectivity index (χ0v) is 12.5. The molecule has 0 bridgehead atoms. The van der Waals surface area contributed by atoms with Crippen LogP contribution in [0.1, 0.15) is 12.5 Å². The summed E-state index contributed by atoms with van der Waals surface area (Å²) in [5.41, 5.74) is 6.73. The number of rotatable bonds is 6. The molecule has 0 radical (unpaired) electrons. The van der Waals surface area contributed by atoms with Gasteiger partial charge in [-0.05, 0) is 18.9 Å². The first-order valence-corrected chi connectivity index (χ1v) is 5.86. The standard InChI is InChI=1S/C13H18N2O3.BrH/c1-2-18-12(16)9-15-13(17)11(14)8-10-6-4-3-5-7-10;/h3-7,11H,2,8-9,14H2,1H3,(H,15,17);1H/t11-;/m0./s1. The molecule has 1 aromatic rings. The summed E-state index contributed by atoms with van der Waals surface area (Å²) in [6, 6.07) is 8.81. The molecule has 6 heteroatoms. The van der Waals surface area contributed by atoms with Gasteiger partial charge in [0.05, 0.1) is 12.6 Å². The van der Waals surface area contributed by atoms with Crippen molar-refractivity contribution in [3.63, 3.8) is 0 Å². The molecule has 0 saturated heterocycles. The second kappa shape index (κ2) is 9.52. The lowest BCUT2D eigenvalue weighted by Gasteiger charge is -2.11. The fraction of sp³-hybridized carbons (Fsp3) is 0.385. The van der Waals surface area contributed by atoms with Crippen LogP contribution in [0.25, 0.3) is 0 Å². The average Bonchev–Trinajstić information content (AvgIpc) is 2.37. The average molecular weight is 331 g/mol. The number of carbonyl (C=O) groups is 2. The largest absolute Gasteiger partial charge is 0.465 e. The van der Waals surface area contributed by atoms with Crippen molar-refractivity contribution < 1.29 is 14.3 Å². The van der Waals surface area contributed by atoms with Crippen LogP contribution in [-0.2, 0) is 20.7 Å². The number of amides is 1. The molecule has 1 aromatic carbocycles. The molecule has 106 valence electrons. The number of hydrogen-bond acceptors (Lipinski definition) is 4. The predicted octanol–water partition coefficient (Wildman–Crippen LogP) is 0.814. The van der Waals surface area contributed by atoms with Crippen LogP contribution in [0.15, 0.2) is 30.3 Å². The minimum atomic E-state index is -0.665. The Morgan fingerprint density at radius 2 is 1.95 bits per heavy atom. The van der Waals surface area contributed by atoms with E-state index >= 15 is 0 Å². The third kappa shape index (κ3) is 6.93. The van der Waals surface area contributed by atoms with E-state index in [1.54, 1.807) is 6.92 Å². The lowest BCUT2D eigenvalue weighted by Crippen LogP contribution is -2.44. The second-order valence-corrected chi connectivity index (χ2v) is 3.82. The summed E-state index contributed by atoms with van der Waals surface area (Å²) in [6.45, 7) is 1.86. The van der Waals surface area contributed by atoms with Gasteiger partial charge in [0.1, 0.15) is 6.54 Å². The third-order valence-corrected chi connectivity index (χ3v) is 2.35. The van der Waals surface area contributed by atoms with Crippen molar-refractivity contribution in [3.05, 3.63) is 35.9 Å². The number of nitrogens with two attached hydrogens (primary N) is 1. The Balaban J connectivity index is 0.00000324. The number of halogens is 1. The fourth-order valence-corrected chi connectivity index (χ4v) is 1.46. The van der Waals surface area contributed by atoms with E-state index in [4.69, 9.17) is 10.5 Å². The highest BCUT2D eigenvalue weighted by molar-refractivity contribution is 8.93. The minimum Gasteiger partial charge on any atom is -0.465 e. The van der Waals surface area contributed by atoms with Crippen molar-refractivity contribution in [1.82, 2.24) is 5.32 Å². The molecule has 0 spiro atoms. The van der Waals surface area contributed by atoms with Gasteiger partial charge < -0.3 is 15.8 Å². The summed E-state index contributed by atoms with van der Waals surface area (Å²) in [4.78, 5) is 22.7. The number of carbonyl (C=O) groups excluding carboxylic acids is 2. The zero-order valence-electron chi connectivity index (χ0n) is 10.8. The normalized spacial score (nSPS) is 11.1. The van der Waals surface area contributed by atoms with Crippen LogP contribution in [-0.4, -0.2) is 31.1 Å². The Morgan fingerprint density at radius 1 is 1.32 bits per heavy atom. The van der Waals surface area contributed by atoms with Gasteiger partial charge in [0.25, 0.3) is 0 Å². The maximum absolute atomic E-state index is 11.6. The molecule has 1 atom stereocenters. The van der Waals surface area contributed by atoms with E-state index in [9.17, 15) is 9.59 Å². The number of ether oxygens (including phenoxy) is 1. The van der Waals surface area contributed by atoms with Crippen LogP contribution in [0.3, 0.4) is 0 Å². The van der Waals surface area contributed by atoms with Crippen molar-refractivity contribution in [2.45, 2.75) is 19.4 Å². The molecule has 19 heavy (non-hydrogen) atoms. The second-order valence-electron chi connectivity index (χ2n) is 3.82. The van der Waals surface area contributed by atoms with Crippen LogP contribution >= 0.6 is 17.0 Å². The van der Waals surface area contributed by atoms with Gasteiger partial charge in [-0.3, -0.25) is 9.59 Å². The lowest BCUT2D eigenvalue weighted by atomic mass is 10.1. The van der Waals surface area contributed by atoms with Gasteiger partial charge in [-0.2, -0.15) is 0 Å². The molecule has 0 heterocycles. The monoisotopic (exact) mass is 330 g/mol. The summed E-state index contributed by atoms with van der Waals surface area (Å²) < 4.78 is 4.70. The highest BCUT2D eigenvalue weighted by Gasteiger charge is 2.14. The van der Waals surface area contributed by atoms with Crippen molar-refractivity contribution in [1.29, 1.82) is 0 Å². The molecular formula is C13H19BrN2O3. The third-order valence-electron chi connectivity index (χ3n) is 2.35. The molecule has 3 N–H and O–H groups in total. The summed E-state index contributed by atoms with van der Waals surface area (Å²) in [7, 11) is 0. The van der Waals surface area contributed by atoms with Crippen molar-refractivity contribution >= 4 is 28.9 Å². The Hall–Kier alpha value is -1.40. The minimum absolute atomic E-state index is 0. The topological polar surface area (TPSA) is 81.4 Å². The van der Waals surface area contributed by atoms with E-state index in [1.807, 2.05) is 30.3 Å². The first kappa shape index (κ1) is 17.6. The van der Waals surface area contributed by atoms with E-state index in [1.165, 1.54) is 0 Å². The smallest absolute Gasteiger partial charge is 0.325 e. The molecule has 5 nitrogen and oxygen atoms in total. The number of hydrogen-bond donors (Lipinski definition) is 2. The van der Waals surface area contributed by atoms with Gasteiger partial charge in [0.2, 0.25) is 5.91 Å². The highest BCUT2D eigenvalue weighted by Crippen LogP contribution is 2.01. The first-order valence-electron chi connectivity index (χ1n) is 5.86. The Bertz CT molecular complexity index is 398. The van der Waals surface area contributed by atoms with Crippen molar-refractivity contribution in [3.8, 4) is 0 Å². The van der Waals surface area contributed by atoms with Crippen molar-refractivity contribution in [2.75, 3.05) is 13.2 Å². The molecule has 1 rings (SSSR count). The predicted molar refractivity (Wildman–Crippen MR) is 78.1 cm³/mol. The van der Waals surface area contributed by atoms with Crippen LogP contribution in [0.2, 0.25) is 0 Å². The van der Waals surface area contributed by atoms with Crippen LogP contribution in [0.4, 0.5) is 0 Å². The Labute approximate surface area is 123 Å². The van der Waals surface area contributed by atoms with Gasteiger partial charge in [-0.25, -0.2) is 0 Å². The Kier molecular flexibility index (Phi) is 8.82. The Morgan fingerprint density at radius 3 is 2.53 bits per heavy atom. The molecule has 1 amide bonds. The van der Waals surface area contributed by atoms with E-state index in [0.717, 1.165) is 5.56 Å². The zero-order chi connectivity index (χ0) is 13.4. The van der Waals surface area contributed by atoms with Crippen LogP contribution < -0.4 is 11.1 Å². The van der Waals surface area contributed by atoms with Gasteiger partial charge in [0, 0.05) is 0 Å². The van der Waals surface area contributed by atoms with E-state index in [0.29, 0.717) is 13.0 Å². The molecule has 0 aliphatic rings. The molecule has 0 fully saturated rings. The van der Waals surface area contributed by atoms with Gasteiger partial charge in [-0.15, -0.1) is 17.0 Å². The summed E-state index contributed by atoms with van der Waals surface area (Å²) in [6.07, 6.45) is 0.440. The summed E-state index contributed by atoms with van der Waals surface area (Å²) >= 11 is 0. The van der Waals surface area contributed by atoms with Crippen LogP contribution in [0, 0.1) is 0 Å². The molecule has 0 aliphatic carbocycles. The number of benzene rings is 1. The SMILES string of the molecule is Br.CCOC(=O)CNC(=O)[C@@H](N)Cc1ccccc1. The summed E-state index contributed by atoms with van der Waals surface area (Å²) in [5, 5.41) is 2.45. The van der Waals surface area contributed by atoms with Crippen molar-refractivity contribution in [2.24, 2.45) is 5.73 Å². The number of esters is 1. The molecule has 0 aromatic heterocycles. The van der Waals surface area contributed by atoms with Crippen LogP contribution in [0.5, 0.6) is 0 Å². The molecule has 0 aliphatic heterocycles. The molecular weight excluding hydrogens is 312 g/mol. The van der Waals surface area contributed by atoms with Gasteiger partial charge in [-0.1, -0.05) is 30.3 Å². The van der Waals surface area contributed by atoms with E-state index in [-0.39, 0.29) is 29.4 Å². The highest BCUT2D eigenvalue weighted by atomic mass is 79.9. The quantitative estimate of drug-likeness (QED) is 0.756. The van der Waals surface area contributed by atoms with Gasteiger partial charge >= 0.3 is 5.97 Å². The number of nitrogens with one attached hydrogen (secondary N) is 1. The van der Waals surface area contributed by atoms with Gasteiger partial charge in [0.15, 0.2) is 0 Å². The maximum atomic E-state index is 11.6. The molecule has 0 saturated carbocycles.